The fourth-order valence-electron chi connectivity index (χ4n) is 6.16. The highest BCUT2D eigenvalue weighted by Crippen LogP contribution is 2.35. The minimum Gasteiger partial charge on any atom is -0.467 e. The molecule has 1 fully saturated rings. The molecule has 1 aliphatic heterocycles. The lowest BCUT2D eigenvalue weighted by molar-refractivity contribution is -0.145. The molecule has 46 heavy (non-hydrogen) atoms. The first-order valence-corrected chi connectivity index (χ1v) is 15.0. The Bertz CT molecular complexity index is 2130. The molecule has 11 heteroatoms. The molecule has 4 aromatic carbocycles. The predicted octanol–water partition coefficient (Wildman–Crippen LogP) is 6.15. The van der Waals surface area contributed by atoms with Gasteiger partial charge in [-0.05, 0) is 35.0 Å². The molecule has 0 aliphatic carbocycles. The quantitative estimate of drug-likeness (QED) is 0.219. The number of amides is 1. The lowest BCUT2D eigenvalue weighted by Crippen LogP contribution is -2.41. The van der Waals surface area contributed by atoms with Crippen LogP contribution in [-0.2, 0) is 9.53 Å². The number of pyridine rings is 1. The van der Waals surface area contributed by atoms with Gasteiger partial charge >= 0.3 is 5.97 Å². The van der Waals surface area contributed by atoms with Crippen LogP contribution in [-0.4, -0.2) is 61.6 Å². The van der Waals surface area contributed by atoms with Gasteiger partial charge in [0.15, 0.2) is 0 Å². The Morgan fingerprint density at radius 3 is 2.57 bits per heavy atom. The molecule has 1 N–H and O–H groups in total. The van der Waals surface area contributed by atoms with Crippen molar-refractivity contribution in [3.8, 4) is 11.3 Å². The number of benzene rings is 4. The molecular formula is C35H27ClFN5O4. The third kappa shape index (κ3) is 5.25. The van der Waals surface area contributed by atoms with Crippen molar-refractivity contribution in [1.29, 1.82) is 0 Å². The number of para-hydroxylation sites is 1. The molecule has 0 saturated carbocycles. The van der Waals surface area contributed by atoms with Gasteiger partial charge < -0.3 is 14.7 Å². The molecule has 1 aliphatic rings. The number of aliphatic hydroxyl groups excluding tert-OH is 1. The van der Waals surface area contributed by atoms with Gasteiger partial charge in [0.2, 0.25) is 0 Å². The molecule has 9 nitrogen and oxygen atoms in total. The lowest BCUT2D eigenvalue weighted by Gasteiger charge is -2.23. The van der Waals surface area contributed by atoms with E-state index in [0.29, 0.717) is 22.2 Å². The van der Waals surface area contributed by atoms with Gasteiger partial charge in [0, 0.05) is 34.5 Å². The molecule has 7 rings (SSSR count). The van der Waals surface area contributed by atoms with Gasteiger partial charge in [-0.25, -0.2) is 18.9 Å². The van der Waals surface area contributed by atoms with Crippen molar-refractivity contribution in [3.63, 3.8) is 0 Å². The zero-order valence-electron chi connectivity index (χ0n) is 24.5. The van der Waals surface area contributed by atoms with Crippen molar-refractivity contribution in [2.75, 3.05) is 13.7 Å². The van der Waals surface area contributed by atoms with Crippen LogP contribution in [0.1, 0.15) is 40.2 Å². The molecule has 1 amide bonds. The number of nitrogens with zero attached hydrogens (tertiary/aromatic N) is 5. The molecule has 0 radical (unpaired) electrons. The Hall–Kier alpha value is -5.19. The number of rotatable bonds is 6. The van der Waals surface area contributed by atoms with E-state index in [2.05, 4.69) is 10.3 Å². The average Bonchev–Trinajstić information content (AvgIpc) is 3.75. The minimum atomic E-state index is -1.39. The summed E-state index contributed by atoms with van der Waals surface area (Å²) < 4.78 is 21.1. The van der Waals surface area contributed by atoms with E-state index in [-0.39, 0.29) is 35.2 Å². The summed E-state index contributed by atoms with van der Waals surface area (Å²) in [6, 6.07) is 25.7. The summed E-state index contributed by atoms with van der Waals surface area (Å²) in [6.07, 6.45) is 0.301. The number of hydrogen-bond acceptors (Lipinski definition) is 7. The van der Waals surface area contributed by atoms with Gasteiger partial charge in [-0.3, -0.25) is 4.79 Å². The number of esters is 1. The van der Waals surface area contributed by atoms with E-state index in [9.17, 15) is 19.1 Å². The van der Waals surface area contributed by atoms with Gasteiger partial charge in [-0.2, -0.15) is 0 Å². The summed E-state index contributed by atoms with van der Waals surface area (Å²) in [5, 5.41) is 22.0. The second-order valence-corrected chi connectivity index (χ2v) is 11.6. The maximum Gasteiger partial charge on any atom is 0.328 e. The molecule has 0 bridgehead atoms. The van der Waals surface area contributed by atoms with Crippen molar-refractivity contribution in [2.45, 2.75) is 24.6 Å². The average molecular weight is 636 g/mol. The van der Waals surface area contributed by atoms with E-state index < -0.39 is 30.0 Å². The first kappa shape index (κ1) is 29.5. The molecule has 3 heterocycles. The van der Waals surface area contributed by atoms with Gasteiger partial charge in [0.05, 0.1) is 36.1 Å². The SMILES string of the molecule is COC(=O)[C@H]1C[C@@H](n2cc(C(O)c3ccc(Cl)cc3F)nn2)CN1C(=O)c1cc(-c2cccc3ccccc23)nc2ccccc12. The second kappa shape index (κ2) is 12.0. The van der Waals surface area contributed by atoms with Crippen molar-refractivity contribution in [3.05, 3.63) is 125 Å². The van der Waals surface area contributed by atoms with Crippen LogP contribution in [0, 0.1) is 5.82 Å². The van der Waals surface area contributed by atoms with Crippen LogP contribution in [0.15, 0.2) is 97.2 Å². The number of halogens is 2. The van der Waals surface area contributed by atoms with Gasteiger partial charge in [-0.15, -0.1) is 5.10 Å². The first-order chi connectivity index (χ1) is 22.3. The van der Waals surface area contributed by atoms with Crippen LogP contribution < -0.4 is 0 Å². The zero-order chi connectivity index (χ0) is 31.9. The normalized spacial score (nSPS) is 17.0. The van der Waals surface area contributed by atoms with Crippen LogP contribution >= 0.6 is 11.6 Å². The van der Waals surface area contributed by atoms with Gasteiger partial charge in [0.1, 0.15) is 23.7 Å². The highest BCUT2D eigenvalue weighted by Gasteiger charge is 2.42. The number of methoxy groups -OCH3 is 1. The monoisotopic (exact) mass is 635 g/mol. The van der Waals surface area contributed by atoms with Crippen LogP contribution in [0.5, 0.6) is 0 Å². The van der Waals surface area contributed by atoms with Crippen LogP contribution in [0.2, 0.25) is 5.02 Å². The molecule has 2 aromatic heterocycles. The van der Waals surface area contributed by atoms with E-state index in [1.54, 1.807) is 6.07 Å². The molecule has 1 unspecified atom stereocenters. The number of carbonyl (C=O) groups is 2. The Labute approximate surface area is 267 Å². The van der Waals surface area contributed by atoms with E-state index in [0.717, 1.165) is 22.4 Å². The number of aliphatic hydroxyl groups is 1. The smallest absolute Gasteiger partial charge is 0.328 e. The lowest BCUT2D eigenvalue weighted by atomic mass is 9.98. The molecule has 6 aromatic rings. The third-order valence-electron chi connectivity index (χ3n) is 8.46. The standard InChI is InChI=1S/C35H27ClFN5O4/c1-46-35(45)32-16-22(42-19-31(39-40-42)33(43)26-14-13-21(36)15-28(26)37)18-41(32)34(44)27-17-30(38-29-12-5-4-10-25(27)29)24-11-6-8-20-7-2-3-9-23(20)24/h2-15,17,19,22,32-33,43H,16,18H2,1H3/t22-,32-,33?/m1/s1. The second-order valence-electron chi connectivity index (χ2n) is 11.2. The highest BCUT2D eigenvalue weighted by molar-refractivity contribution is 6.30. The van der Waals surface area contributed by atoms with Crippen LogP contribution in [0.4, 0.5) is 4.39 Å². The highest BCUT2D eigenvalue weighted by atomic mass is 35.5. The Kier molecular flexibility index (Phi) is 7.67. The van der Waals surface area contributed by atoms with E-state index >= 15 is 0 Å². The summed E-state index contributed by atoms with van der Waals surface area (Å²) in [5.41, 5.74) is 2.67. The zero-order valence-corrected chi connectivity index (χ0v) is 25.3. The summed E-state index contributed by atoms with van der Waals surface area (Å²) >= 11 is 5.86. The number of aromatic nitrogens is 4. The maximum absolute atomic E-state index is 14.5. The summed E-state index contributed by atoms with van der Waals surface area (Å²) in [4.78, 5) is 33.9. The van der Waals surface area contributed by atoms with Gasteiger partial charge in [0.25, 0.3) is 5.91 Å². The topological polar surface area (TPSA) is 110 Å². The van der Waals surface area contributed by atoms with Crippen molar-refractivity contribution in [2.24, 2.45) is 0 Å². The third-order valence-corrected chi connectivity index (χ3v) is 8.70. The van der Waals surface area contributed by atoms with E-state index in [1.165, 1.54) is 35.0 Å². The number of ether oxygens (including phenoxy) is 1. The summed E-state index contributed by atoms with van der Waals surface area (Å²) in [5.74, 6) is -1.60. The number of hydrogen-bond donors (Lipinski definition) is 1. The molecule has 1 saturated heterocycles. The Morgan fingerprint density at radius 2 is 1.76 bits per heavy atom. The van der Waals surface area contributed by atoms with Crippen molar-refractivity contribution >= 4 is 45.2 Å². The first-order valence-electron chi connectivity index (χ1n) is 14.6. The molecule has 3 atom stereocenters. The number of likely N-dealkylation sites (tertiary alicyclic amines) is 1. The molecular weight excluding hydrogens is 609 g/mol. The number of fused-ring (bicyclic) bond motifs is 2. The minimum absolute atomic E-state index is 0.00122. The molecule has 0 spiro atoms. The summed E-state index contributed by atoms with van der Waals surface area (Å²) in [6.45, 7) is 0.118. The van der Waals surface area contributed by atoms with Crippen molar-refractivity contribution < 1.29 is 23.8 Å². The fraction of sp³-hybridized carbons (Fsp3) is 0.171. The van der Waals surface area contributed by atoms with E-state index in [4.69, 9.17) is 21.3 Å². The predicted molar refractivity (Wildman–Crippen MR) is 171 cm³/mol. The van der Waals surface area contributed by atoms with E-state index in [1.807, 2.05) is 66.7 Å². The summed E-state index contributed by atoms with van der Waals surface area (Å²) in [7, 11) is 1.28. The Morgan fingerprint density at radius 1 is 1.00 bits per heavy atom. The van der Waals surface area contributed by atoms with Crippen LogP contribution in [0.3, 0.4) is 0 Å². The molecule has 230 valence electrons. The maximum atomic E-state index is 14.5. The fourth-order valence-corrected chi connectivity index (χ4v) is 6.32. The van der Waals surface area contributed by atoms with Crippen molar-refractivity contribution in [1.82, 2.24) is 24.9 Å². The van der Waals surface area contributed by atoms with Gasteiger partial charge in [-0.1, -0.05) is 83.5 Å². The largest absolute Gasteiger partial charge is 0.467 e. The van der Waals surface area contributed by atoms with Crippen LogP contribution in [0.25, 0.3) is 32.9 Å². The Balaban J connectivity index is 1.25. The number of carbonyl (C=O) groups excluding carboxylic acids is 2.